The molecular formula is C23H34N4O5. The number of likely N-dealkylation sites (tertiary alicyclic amines) is 1. The summed E-state index contributed by atoms with van der Waals surface area (Å²) in [6, 6.07) is 7.11. The first-order valence-electron chi connectivity index (χ1n) is 11.1. The molecule has 9 nitrogen and oxygen atoms in total. The topological polar surface area (TPSA) is 131 Å². The molecule has 0 aliphatic carbocycles. The molecule has 0 bridgehead atoms. The van der Waals surface area contributed by atoms with Crippen molar-refractivity contribution in [2.45, 2.75) is 50.0 Å². The van der Waals surface area contributed by atoms with Gasteiger partial charge in [-0.25, -0.2) is 9.97 Å². The van der Waals surface area contributed by atoms with Crippen LogP contribution in [0.5, 0.6) is 5.75 Å². The molecule has 1 fully saturated rings. The maximum Gasteiger partial charge on any atom is 0.159 e. The van der Waals surface area contributed by atoms with Crippen molar-refractivity contribution >= 4 is 5.69 Å². The minimum atomic E-state index is -1.21. The summed E-state index contributed by atoms with van der Waals surface area (Å²) in [6.07, 6.45) is 3.98. The summed E-state index contributed by atoms with van der Waals surface area (Å²) in [7, 11) is 1.64. The van der Waals surface area contributed by atoms with E-state index in [4.69, 9.17) is 4.74 Å². The minimum absolute atomic E-state index is 0.245. The lowest BCUT2D eigenvalue weighted by Crippen LogP contribution is -2.62. The van der Waals surface area contributed by atoms with Gasteiger partial charge in [0.1, 0.15) is 18.0 Å². The van der Waals surface area contributed by atoms with Gasteiger partial charge in [0, 0.05) is 42.8 Å². The van der Waals surface area contributed by atoms with Gasteiger partial charge in [0.05, 0.1) is 25.9 Å². The number of benzene rings is 1. The highest BCUT2D eigenvalue weighted by Gasteiger charge is 2.40. The summed E-state index contributed by atoms with van der Waals surface area (Å²) in [5.74, 6) is 1.39. The number of β-amino-alcohol motifs (C(OH)–C–C–N with tert-alkyl or cyclic N) is 1. The van der Waals surface area contributed by atoms with E-state index in [-0.39, 0.29) is 13.2 Å². The molecule has 5 N–H and O–H groups in total. The Kier molecular flexibility index (Phi) is 9.19. The lowest BCUT2D eigenvalue weighted by molar-refractivity contribution is -0.145. The molecule has 9 heteroatoms. The Labute approximate surface area is 188 Å². The number of rotatable bonds is 11. The summed E-state index contributed by atoms with van der Waals surface area (Å²) in [4.78, 5) is 10.5. The lowest BCUT2D eigenvalue weighted by Gasteiger charge is -2.43. The maximum atomic E-state index is 10.1. The van der Waals surface area contributed by atoms with Crippen LogP contribution in [0, 0.1) is 0 Å². The Balaban J connectivity index is 1.40. The smallest absolute Gasteiger partial charge is 0.159 e. The minimum Gasteiger partial charge on any atom is -0.497 e. The van der Waals surface area contributed by atoms with Gasteiger partial charge in [0.2, 0.25) is 0 Å². The van der Waals surface area contributed by atoms with Gasteiger partial charge in [-0.05, 0) is 37.6 Å². The van der Waals surface area contributed by atoms with E-state index in [0.29, 0.717) is 12.4 Å². The number of aliphatic hydroxyl groups is 4. The first-order valence-corrected chi connectivity index (χ1v) is 11.1. The Morgan fingerprint density at radius 2 is 1.78 bits per heavy atom. The van der Waals surface area contributed by atoms with Crippen LogP contribution in [0.15, 0.2) is 36.7 Å². The molecule has 2 aromatic rings. The Morgan fingerprint density at radius 1 is 1.03 bits per heavy atom. The van der Waals surface area contributed by atoms with Crippen molar-refractivity contribution in [3.05, 3.63) is 36.7 Å². The quantitative estimate of drug-likeness (QED) is 0.319. The van der Waals surface area contributed by atoms with Gasteiger partial charge >= 0.3 is 0 Å². The van der Waals surface area contributed by atoms with Gasteiger partial charge in [-0.15, -0.1) is 0 Å². The van der Waals surface area contributed by atoms with Crippen molar-refractivity contribution in [1.29, 1.82) is 0 Å². The van der Waals surface area contributed by atoms with Crippen molar-refractivity contribution in [1.82, 2.24) is 14.9 Å². The maximum absolute atomic E-state index is 10.1. The van der Waals surface area contributed by atoms with E-state index in [1.54, 1.807) is 25.6 Å². The van der Waals surface area contributed by atoms with Crippen LogP contribution >= 0.6 is 0 Å². The first-order chi connectivity index (χ1) is 15.5. The van der Waals surface area contributed by atoms with Crippen molar-refractivity contribution < 1.29 is 25.2 Å². The largest absolute Gasteiger partial charge is 0.497 e. The van der Waals surface area contributed by atoms with Crippen LogP contribution in [-0.2, 0) is 0 Å². The predicted octanol–water partition coefficient (Wildman–Crippen LogP) is 0.884. The first kappa shape index (κ1) is 24.3. The third-order valence-corrected chi connectivity index (χ3v) is 5.88. The monoisotopic (exact) mass is 446 g/mol. The van der Waals surface area contributed by atoms with E-state index < -0.39 is 24.4 Å². The molecule has 1 aliphatic heterocycles. The highest BCUT2D eigenvalue weighted by atomic mass is 16.5. The molecule has 1 aromatic heterocycles. The van der Waals surface area contributed by atoms with Crippen LogP contribution in [0.1, 0.15) is 25.7 Å². The van der Waals surface area contributed by atoms with E-state index in [0.717, 1.165) is 49.2 Å². The fraction of sp³-hybridized carbons (Fsp3) is 0.565. The van der Waals surface area contributed by atoms with Gasteiger partial charge in [-0.3, -0.25) is 4.90 Å². The van der Waals surface area contributed by atoms with Crippen LogP contribution in [-0.4, -0.2) is 93.0 Å². The average molecular weight is 447 g/mol. The summed E-state index contributed by atoms with van der Waals surface area (Å²) in [6.45, 7) is 1.49. The van der Waals surface area contributed by atoms with Crippen molar-refractivity contribution in [2.75, 3.05) is 38.7 Å². The van der Waals surface area contributed by atoms with Crippen molar-refractivity contribution in [3.63, 3.8) is 0 Å². The fourth-order valence-corrected chi connectivity index (χ4v) is 4.06. The number of unbranched alkanes of at least 4 members (excludes halogenated alkanes) is 3. The van der Waals surface area contributed by atoms with Crippen LogP contribution in [0.25, 0.3) is 11.4 Å². The zero-order valence-electron chi connectivity index (χ0n) is 18.5. The second-order valence-electron chi connectivity index (χ2n) is 8.16. The van der Waals surface area contributed by atoms with Gasteiger partial charge in [-0.2, -0.15) is 0 Å². The number of methoxy groups -OCH3 is 1. The van der Waals surface area contributed by atoms with E-state index in [9.17, 15) is 20.4 Å². The van der Waals surface area contributed by atoms with Gasteiger partial charge in [0.15, 0.2) is 5.82 Å². The predicted molar refractivity (Wildman–Crippen MR) is 121 cm³/mol. The number of anilines is 1. The molecule has 32 heavy (non-hydrogen) atoms. The third-order valence-electron chi connectivity index (χ3n) is 5.88. The Bertz CT molecular complexity index is 825. The molecule has 4 atom stereocenters. The lowest BCUT2D eigenvalue weighted by atomic mass is 9.94. The van der Waals surface area contributed by atoms with Crippen molar-refractivity contribution in [2.24, 2.45) is 0 Å². The van der Waals surface area contributed by atoms with Crippen LogP contribution in [0.3, 0.4) is 0 Å². The van der Waals surface area contributed by atoms with Crippen LogP contribution < -0.4 is 10.1 Å². The average Bonchev–Trinajstić information content (AvgIpc) is 2.82. The van der Waals surface area contributed by atoms with Gasteiger partial charge in [0.25, 0.3) is 0 Å². The molecule has 0 amide bonds. The fourth-order valence-electron chi connectivity index (χ4n) is 4.06. The molecule has 0 saturated carbocycles. The summed E-state index contributed by atoms with van der Waals surface area (Å²) >= 11 is 0. The summed E-state index contributed by atoms with van der Waals surface area (Å²) in [5.41, 5.74) is 1.84. The van der Waals surface area contributed by atoms with Gasteiger partial charge in [-0.1, -0.05) is 12.8 Å². The zero-order chi connectivity index (χ0) is 22.9. The number of aromatic nitrogens is 2. The second kappa shape index (κ2) is 12.1. The number of piperidine rings is 1. The molecule has 3 rings (SSSR count). The number of hydrogen-bond donors (Lipinski definition) is 5. The number of nitrogens with zero attached hydrogens (tertiary/aromatic N) is 3. The van der Waals surface area contributed by atoms with Crippen LogP contribution in [0.4, 0.5) is 5.69 Å². The SMILES string of the molecule is COc1cc(NCCCCCCN2C[C@H](O)[C@@H](O)[C@H](O)[C@H]2CO)cc(-c2ncccn2)c1. The number of aliphatic hydroxyl groups excluding tert-OH is 4. The Morgan fingerprint density at radius 3 is 2.50 bits per heavy atom. The van der Waals surface area contributed by atoms with E-state index >= 15 is 0 Å². The zero-order valence-corrected chi connectivity index (χ0v) is 18.5. The molecule has 2 heterocycles. The van der Waals surface area contributed by atoms with Crippen LogP contribution in [0.2, 0.25) is 0 Å². The normalized spacial score (nSPS) is 23.8. The summed E-state index contributed by atoms with van der Waals surface area (Å²) < 4.78 is 5.40. The second-order valence-corrected chi connectivity index (χ2v) is 8.16. The summed E-state index contributed by atoms with van der Waals surface area (Å²) in [5, 5.41) is 42.7. The molecule has 0 spiro atoms. The number of hydrogen-bond acceptors (Lipinski definition) is 9. The van der Waals surface area contributed by atoms with Gasteiger partial charge < -0.3 is 30.5 Å². The Hall–Kier alpha value is -2.30. The molecule has 176 valence electrons. The molecule has 1 saturated heterocycles. The van der Waals surface area contributed by atoms with E-state index in [2.05, 4.69) is 15.3 Å². The molecule has 0 radical (unpaired) electrons. The number of nitrogens with one attached hydrogen (secondary N) is 1. The van der Waals surface area contributed by atoms with E-state index in [1.165, 1.54) is 0 Å². The molecule has 1 aliphatic rings. The highest BCUT2D eigenvalue weighted by molar-refractivity contribution is 5.65. The standard InChI is InChI=1S/C23H34N4O5/c1-32-18-12-16(23-25-8-6-9-26-23)11-17(13-18)24-7-4-2-3-5-10-27-14-20(29)22(31)21(30)19(27)15-28/h6,8-9,11-13,19-22,24,28-31H,2-5,7,10,14-15H2,1H3/t19-,20+,21-,22-/m1/s1. The third kappa shape index (κ3) is 6.36. The molecule has 0 unspecified atom stereocenters. The van der Waals surface area contributed by atoms with Crippen molar-refractivity contribution in [3.8, 4) is 17.1 Å². The molecular weight excluding hydrogens is 412 g/mol. The van der Waals surface area contributed by atoms with E-state index in [1.807, 2.05) is 23.1 Å². The number of ether oxygens (including phenoxy) is 1. The highest BCUT2D eigenvalue weighted by Crippen LogP contribution is 2.26. The molecule has 1 aromatic carbocycles.